The maximum Gasteiger partial charge on any atom is 0.261 e. The molecular weight excluding hydrogens is 272 g/mol. The van der Waals surface area contributed by atoms with Crippen molar-refractivity contribution in [2.45, 2.75) is 13.5 Å². The lowest BCUT2D eigenvalue weighted by atomic mass is 10.2. The Labute approximate surface area is 100 Å². The van der Waals surface area contributed by atoms with Gasteiger partial charge in [-0.1, -0.05) is 15.9 Å². The van der Waals surface area contributed by atoms with Gasteiger partial charge in [-0.3, -0.25) is 14.2 Å². The van der Waals surface area contributed by atoms with Crippen LogP contribution in [0.15, 0.2) is 33.8 Å². The topological polar surface area (TPSA) is 52.0 Å². The molecule has 0 saturated carbocycles. The summed E-state index contributed by atoms with van der Waals surface area (Å²) in [5.41, 5.74) is 0.439. The first-order valence-electron chi connectivity index (χ1n) is 4.72. The van der Waals surface area contributed by atoms with Crippen molar-refractivity contribution < 1.29 is 4.79 Å². The Morgan fingerprint density at radius 1 is 1.50 bits per heavy atom. The Morgan fingerprint density at radius 2 is 2.25 bits per heavy atom. The van der Waals surface area contributed by atoms with Crippen molar-refractivity contribution in [3.63, 3.8) is 0 Å². The second kappa shape index (κ2) is 4.17. The molecule has 0 fully saturated rings. The molecule has 2 rings (SSSR count). The molecule has 0 atom stereocenters. The van der Waals surface area contributed by atoms with E-state index >= 15 is 0 Å². The Hall–Kier alpha value is -1.49. The first kappa shape index (κ1) is 11.0. The fourth-order valence-electron chi connectivity index (χ4n) is 1.48. The van der Waals surface area contributed by atoms with E-state index < -0.39 is 0 Å². The van der Waals surface area contributed by atoms with E-state index in [1.54, 1.807) is 12.1 Å². The van der Waals surface area contributed by atoms with Gasteiger partial charge in [-0.15, -0.1) is 0 Å². The smallest absolute Gasteiger partial charge is 0.261 e. The van der Waals surface area contributed by atoms with Crippen molar-refractivity contribution in [1.29, 1.82) is 0 Å². The molecule has 82 valence electrons. The van der Waals surface area contributed by atoms with Gasteiger partial charge in [0.25, 0.3) is 5.56 Å². The molecule has 0 aliphatic carbocycles. The van der Waals surface area contributed by atoms with E-state index in [4.69, 9.17) is 0 Å². The minimum atomic E-state index is -0.193. The molecule has 0 aliphatic rings. The van der Waals surface area contributed by atoms with E-state index in [0.29, 0.717) is 10.9 Å². The number of nitrogens with zero attached hydrogens (tertiary/aromatic N) is 2. The largest absolute Gasteiger partial charge is 0.298 e. The quantitative estimate of drug-likeness (QED) is 0.842. The molecule has 4 nitrogen and oxygen atoms in total. The zero-order valence-corrected chi connectivity index (χ0v) is 10.2. The number of hydrogen-bond donors (Lipinski definition) is 0. The minimum absolute atomic E-state index is 0.0638. The highest BCUT2D eigenvalue weighted by atomic mass is 79.9. The fourth-order valence-corrected chi connectivity index (χ4v) is 1.84. The molecular formula is C11H9BrN2O2. The number of hydrogen-bond acceptors (Lipinski definition) is 3. The minimum Gasteiger partial charge on any atom is -0.298 e. The first-order valence-corrected chi connectivity index (χ1v) is 5.51. The summed E-state index contributed by atoms with van der Waals surface area (Å²) in [6.45, 7) is 1.51. The zero-order valence-electron chi connectivity index (χ0n) is 8.61. The summed E-state index contributed by atoms with van der Waals surface area (Å²) >= 11 is 3.30. The van der Waals surface area contributed by atoms with E-state index in [0.717, 1.165) is 4.47 Å². The molecule has 1 heterocycles. The van der Waals surface area contributed by atoms with E-state index in [2.05, 4.69) is 20.9 Å². The van der Waals surface area contributed by atoms with Crippen LogP contribution in [-0.4, -0.2) is 15.3 Å². The molecule has 5 heteroatoms. The highest BCUT2D eigenvalue weighted by molar-refractivity contribution is 9.10. The Kier molecular flexibility index (Phi) is 2.87. The number of halogens is 1. The number of aromatic nitrogens is 2. The van der Waals surface area contributed by atoms with E-state index in [1.807, 2.05) is 6.07 Å². The van der Waals surface area contributed by atoms with Crippen molar-refractivity contribution in [2.75, 3.05) is 0 Å². The Bertz CT molecular complexity index is 619. The molecule has 1 aromatic carbocycles. The van der Waals surface area contributed by atoms with Gasteiger partial charge in [-0.25, -0.2) is 4.98 Å². The van der Waals surface area contributed by atoms with E-state index in [1.165, 1.54) is 17.8 Å². The molecule has 2 aromatic rings. The highest BCUT2D eigenvalue weighted by Gasteiger charge is 2.05. The third kappa shape index (κ3) is 2.04. The average Bonchev–Trinajstić information content (AvgIpc) is 2.22. The average molecular weight is 281 g/mol. The van der Waals surface area contributed by atoms with Crippen molar-refractivity contribution in [3.05, 3.63) is 39.4 Å². The predicted molar refractivity (Wildman–Crippen MR) is 64.4 cm³/mol. The van der Waals surface area contributed by atoms with Crippen LogP contribution in [0.25, 0.3) is 10.9 Å². The van der Waals surface area contributed by atoms with Crippen LogP contribution in [-0.2, 0) is 11.3 Å². The number of carbonyl (C=O) groups excluding carboxylic acids is 1. The summed E-state index contributed by atoms with van der Waals surface area (Å²) in [4.78, 5) is 27.1. The molecule has 16 heavy (non-hydrogen) atoms. The van der Waals surface area contributed by atoms with Crippen LogP contribution in [0.3, 0.4) is 0 Å². The molecule has 0 aliphatic heterocycles. The van der Waals surface area contributed by atoms with Crippen molar-refractivity contribution in [1.82, 2.24) is 9.55 Å². The number of benzene rings is 1. The maximum atomic E-state index is 12.0. The van der Waals surface area contributed by atoms with Gasteiger partial charge in [0.05, 0.1) is 23.8 Å². The number of ketones is 1. The summed E-state index contributed by atoms with van der Waals surface area (Å²) < 4.78 is 2.14. The Morgan fingerprint density at radius 3 is 2.94 bits per heavy atom. The van der Waals surface area contributed by atoms with Gasteiger partial charge in [-0.05, 0) is 25.1 Å². The second-order valence-electron chi connectivity index (χ2n) is 3.54. The third-order valence-electron chi connectivity index (χ3n) is 2.18. The molecule has 1 aromatic heterocycles. The lowest BCUT2D eigenvalue weighted by Crippen LogP contribution is -2.23. The van der Waals surface area contributed by atoms with Crippen LogP contribution in [0, 0.1) is 0 Å². The van der Waals surface area contributed by atoms with Crippen LogP contribution in [0.4, 0.5) is 0 Å². The summed E-state index contributed by atoms with van der Waals surface area (Å²) in [5.74, 6) is -0.0711. The normalized spacial score (nSPS) is 10.6. The zero-order chi connectivity index (χ0) is 11.7. The van der Waals surface area contributed by atoms with Gasteiger partial charge in [0.1, 0.15) is 5.78 Å². The van der Waals surface area contributed by atoms with Gasteiger partial charge in [0.2, 0.25) is 0 Å². The van der Waals surface area contributed by atoms with Gasteiger partial charge in [0, 0.05) is 4.47 Å². The number of rotatable bonds is 2. The van der Waals surface area contributed by atoms with Crippen molar-refractivity contribution >= 4 is 32.6 Å². The number of Topliss-reactive ketones (excluding diaryl/α,β-unsaturated/α-hetero) is 1. The first-order chi connectivity index (χ1) is 7.58. The van der Waals surface area contributed by atoms with Gasteiger partial charge in [0.15, 0.2) is 0 Å². The van der Waals surface area contributed by atoms with Gasteiger partial charge < -0.3 is 0 Å². The summed E-state index contributed by atoms with van der Waals surface area (Å²) in [5, 5.41) is 0.512. The summed E-state index contributed by atoms with van der Waals surface area (Å²) in [7, 11) is 0. The van der Waals surface area contributed by atoms with E-state index in [9.17, 15) is 9.59 Å². The van der Waals surface area contributed by atoms with Crippen LogP contribution < -0.4 is 5.56 Å². The predicted octanol–water partition coefficient (Wildman–Crippen LogP) is 1.75. The molecule has 0 unspecified atom stereocenters. The Balaban J connectivity index is 2.68. The SMILES string of the molecule is CC(=O)Cn1cnc2ccc(Br)cc2c1=O. The number of carbonyl (C=O) groups is 1. The molecule has 0 saturated heterocycles. The summed E-state index contributed by atoms with van der Waals surface area (Å²) in [6, 6.07) is 5.30. The van der Waals surface area contributed by atoms with Crippen LogP contribution in [0.5, 0.6) is 0 Å². The van der Waals surface area contributed by atoms with Gasteiger partial charge >= 0.3 is 0 Å². The van der Waals surface area contributed by atoms with Crippen LogP contribution in [0.1, 0.15) is 6.92 Å². The molecule has 0 N–H and O–H groups in total. The van der Waals surface area contributed by atoms with Crippen LogP contribution >= 0.6 is 15.9 Å². The molecule has 0 radical (unpaired) electrons. The van der Waals surface area contributed by atoms with Crippen molar-refractivity contribution in [2.24, 2.45) is 0 Å². The van der Waals surface area contributed by atoms with Crippen molar-refractivity contribution in [3.8, 4) is 0 Å². The molecule has 0 spiro atoms. The number of fused-ring (bicyclic) bond motifs is 1. The monoisotopic (exact) mass is 280 g/mol. The third-order valence-corrected chi connectivity index (χ3v) is 2.67. The highest BCUT2D eigenvalue weighted by Crippen LogP contribution is 2.14. The van der Waals surface area contributed by atoms with Crippen LogP contribution in [0.2, 0.25) is 0 Å². The van der Waals surface area contributed by atoms with E-state index in [-0.39, 0.29) is 17.9 Å². The molecule has 0 bridgehead atoms. The fraction of sp³-hybridized carbons (Fsp3) is 0.182. The van der Waals surface area contributed by atoms with Gasteiger partial charge in [-0.2, -0.15) is 0 Å². The summed E-state index contributed by atoms with van der Waals surface area (Å²) in [6.07, 6.45) is 1.40. The second-order valence-corrected chi connectivity index (χ2v) is 4.46. The lowest BCUT2D eigenvalue weighted by molar-refractivity contribution is -0.117. The molecule has 0 amide bonds. The maximum absolute atomic E-state index is 12.0. The standard InChI is InChI=1S/C11H9BrN2O2/c1-7(15)5-14-6-13-10-3-2-8(12)4-9(10)11(14)16/h2-4,6H,5H2,1H3. The lowest BCUT2D eigenvalue weighted by Gasteiger charge is -2.04.